The molecule has 0 aliphatic rings. The Labute approximate surface area is 128 Å². The van der Waals surface area contributed by atoms with Crippen LogP contribution in [0.3, 0.4) is 0 Å². The van der Waals surface area contributed by atoms with Crippen LogP contribution in [0, 0.1) is 5.92 Å². The van der Waals surface area contributed by atoms with Gasteiger partial charge in [0.15, 0.2) is 0 Å². The van der Waals surface area contributed by atoms with E-state index >= 15 is 0 Å². The first-order chi connectivity index (χ1) is 10.2. The van der Waals surface area contributed by atoms with E-state index in [1.165, 1.54) is 18.9 Å². The maximum Gasteiger partial charge on any atom is 0.330 e. The minimum absolute atomic E-state index is 0.267. The van der Waals surface area contributed by atoms with Crippen LogP contribution < -0.4 is 0 Å². The number of allylic oxidation sites excluding steroid dienone is 2. The number of ether oxygens (including phenoxy) is 1. The Morgan fingerprint density at radius 2 is 1.86 bits per heavy atom. The molecule has 0 radical (unpaired) electrons. The van der Waals surface area contributed by atoms with Crippen LogP contribution in [0.25, 0.3) is 6.08 Å². The largest absolute Gasteiger partial charge is 0.463 e. The molecule has 21 heavy (non-hydrogen) atoms. The number of carbonyl (C=O) groups is 1. The normalized spacial score (nSPS) is 11.6. The summed E-state index contributed by atoms with van der Waals surface area (Å²) in [5.74, 6) is 0.489. The summed E-state index contributed by atoms with van der Waals surface area (Å²) in [7, 11) is 0. The van der Waals surface area contributed by atoms with Crippen molar-refractivity contribution in [3.8, 4) is 0 Å². The molecule has 0 unspecified atom stereocenters. The van der Waals surface area contributed by atoms with Crippen molar-refractivity contribution in [1.82, 2.24) is 0 Å². The number of carbonyl (C=O) groups excluding carboxylic acids is 1. The lowest BCUT2D eigenvalue weighted by Gasteiger charge is -2.04. The standard InChI is InChI=1S/C19H26O2/c1-17(2)11-5-4-10-16-21-19(20)15-9-8-14-18-12-6-3-7-13-18/h3,6-9,12-15,17H,4-5,10-11,16H2,1-2H3. The van der Waals surface area contributed by atoms with Crippen molar-refractivity contribution in [2.75, 3.05) is 6.61 Å². The number of esters is 1. The molecule has 0 atom stereocenters. The topological polar surface area (TPSA) is 26.3 Å². The Hall–Kier alpha value is -1.83. The Kier molecular flexibility index (Phi) is 8.94. The molecule has 0 spiro atoms. The lowest BCUT2D eigenvalue weighted by atomic mass is 10.1. The van der Waals surface area contributed by atoms with E-state index in [1.807, 2.05) is 42.5 Å². The van der Waals surface area contributed by atoms with Gasteiger partial charge in [0, 0.05) is 6.08 Å². The van der Waals surface area contributed by atoms with Gasteiger partial charge in [0.2, 0.25) is 0 Å². The molecule has 0 fully saturated rings. The van der Waals surface area contributed by atoms with Gasteiger partial charge in [0.1, 0.15) is 0 Å². The zero-order valence-corrected chi connectivity index (χ0v) is 13.1. The van der Waals surface area contributed by atoms with Gasteiger partial charge in [-0.1, -0.05) is 81.7 Å². The average Bonchev–Trinajstić information content (AvgIpc) is 2.48. The third kappa shape index (κ3) is 9.67. The summed E-state index contributed by atoms with van der Waals surface area (Å²) in [5, 5.41) is 0. The van der Waals surface area contributed by atoms with Gasteiger partial charge in [-0.15, -0.1) is 0 Å². The molecular weight excluding hydrogens is 260 g/mol. The minimum Gasteiger partial charge on any atom is -0.463 e. The number of rotatable bonds is 9. The average molecular weight is 286 g/mol. The number of hydrogen-bond donors (Lipinski definition) is 0. The Morgan fingerprint density at radius 3 is 2.57 bits per heavy atom. The Bertz CT molecular complexity index is 444. The van der Waals surface area contributed by atoms with Crippen LogP contribution in [-0.2, 0) is 9.53 Å². The van der Waals surface area contributed by atoms with Crippen molar-refractivity contribution in [2.45, 2.75) is 39.5 Å². The Morgan fingerprint density at radius 1 is 1.10 bits per heavy atom. The predicted octanol–water partition coefficient (Wildman–Crippen LogP) is 5.02. The predicted molar refractivity (Wildman–Crippen MR) is 88.9 cm³/mol. The lowest BCUT2D eigenvalue weighted by Crippen LogP contribution is -2.02. The van der Waals surface area contributed by atoms with E-state index < -0.39 is 0 Å². The maximum atomic E-state index is 11.5. The third-order valence-corrected chi connectivity index (χ3v) is 3.10. The van der Waals surface area contributed by atoms with Crippen molar-refractivity contribution < 1.29 is 9.53 Å². The highest BCUT2D eigenvalue weighted by Crippen LogP contribution is 2.08. The zero-order chi connectivity index (χ0) is 15.3. The SMILES string of the molecule is CC(C)CCCCCOC(=O)C=CC=Cc1ccccc1. The van der Waals surface area contributed by atoms with Gasteiger partial charge >= 0.3 is 5.97 Å². The molecule has 0 bridgehead atoms. The first-order valence-corrected chi connectivity index (χ1v) is 7.75. The quantitative estimate of drug-likeness (QED) is 0.276. The fourth-order valence-corrected chi connectivity index (χ4v) is 1.92. The van der Waals surface area contributed by atoms with Crippen LogP contribution in [0.4, 0.5) is 0 Å². The van der Waals surface area contributed by atoms with E-state index in [9.17, 15) is 4.79 Å². The molecule has 0 N–H and O–H groups in total. The summed E-state index contributed by atoms with van der Waals surface area (Å²) in [4.78, 5) is 11.5. The van der Waals surface area contributed by atoms with E-state index in [1.54, 1.807) is 6.08 Å². The van der Waals surface area contributed by atoms with Crippen molar-refractivity contribution in [3.05, 3.63) is 54.1 Å². The maximum absolute atomic E-state index is 11.5. The van der Waals surface area contributed by atoms with E-state index in [2.05, 4.69) is 13.8 Å². The number of hydrogen-bond acceptors (Lipinski definition) is 2. The first-order valence-electron chi connectivity index (χ1n) is 7.75. The Balaban J connectivity index is 2.10. The summed E-state index contributed by atoms with van der Waals surface area (Å²) in [6.07, 6.45) is 11.5. The first kappa shape index (κ1) is 17.2. The molecule has 0 aromatic heterocycles. The number of unbranched alkanes of at least 4 members (excludes halogenated alkanes) is 2. The van der Waals surface area contributed by atoms with Crippen LogP contribution in [0.1, 0.15) is 45.1 Å². The van der Waals surface area contributed by atoms with E-state index in [-0.39, 0.29) is 5.97 Å². The fraction of sp³-hybridized carbons (Fsp3) is 0.421. The smallest absolute Gasteiger partial charge is 0.330 e. The van der Waals surface area contributed by atoms with Crippen molar-refractivity contribution in [3.63, 3.8) is 0 Å². The van der Waals surface area contributed by atoms with Crippen LogP contribution in [0.2, 0.25) is 0 Å². The molecule has 0 aliphatic carbocycles. The second-order valence-electron chi connectivity index (χ2n) is 5.54. The summed E-state index contributed by atoms with van der Waals surface area (Å²) in [6.45, 7) is 4.98. The van der Waals surface area contributed by atoms with Gasteiger partial charge < -0.3 is 4.74 Å². The fourth-order valence-electron chi connectivity index (χ4n) is 1.92. The zero-order valence-electron chi connectivity index (χ0n) is 13.1. The van der Waals surface area contributed by atoms with Gasteiger partial charge in [-0.2, -0.15) is 0 Å². The molecule has 1 rings (SSSR count). The van der Waals surface area contributed by atoms with Gasteiger partial charge in [-0.25, -0.2) is 4.79 Å². The highest BCUT2D eigenvalue weighted by atomic mass is 16.5. The highest BCUT2D eigenvalue weighted by molar-refractivity contribution is 5.82. The number of benzene rings is 1. The molecule has 0 saturated heterocycles. The molecule has 0 amide bonds. The molecule has 2 heteroatoms. The highest BCUT2D eigenvalue weighted by Gasteiger charge is 1.97. The lowest BCUT2D eigenvalue weighted by molar-refractivity contribution is -0.137. The van der Waals surface area contributed by atoms with E-state index in [0.29, 0.717) is 6.61 Å². The van der Waals surface area contributed by atoms with Gasteiger partial charge in [0.05, 0.1) is 6.61 Å². The van der Waals surface area contributed by atoms with Gasteiger partial charge in [0.25, 0.3) is 0 Å². The molecule has 1 aromatic carbocycles. The minimum atomic E-state index is -0.267. The van der Waals surface area contributed by atoms with Crippen LogP contribution in [-0.4, -0.2) is 12.6 Å². The van der Waals surface area contributed by atoms with Gasteiger partial charge in [-0.3, -0.25) is 0 Å². The third-order valence-electron chi connectivity index (χ3n) is 3.10. The monoisotopic (exact) mass is 286 g/mol. The van der Waals surface area contributed by atoms with Gasteiger partial charge in [-0.05, 0) is 17.9 Å². The second-order valence-corrected chi connectivity index (χ2v) is 5.54. The van der Waals surface area contributed by atoms with Crippen LogP contribution in [0.5, 0.6) is 0 Å². The van der Waals surface area contributed by atoms with Crippen LogP contribution >= 0.6 is 0 Å². The summed E-state index contributed by atoms with van der Waals surface area (Å²) < 4.78 is 5.14. The summed E-state index contributed by atoms with van der Waals surface area (Å²) in [5.41, 5.74) is 1.11. The molecule has 1 aromatic rings. The van der Waals surface area contributed by atoms with Crippen molar-refractivity contribution in [2.24, 2.45) is 5.92 Å². The van der Waals surface area contributed by atoms with Crippen LogP contribution in [0.15, 0.2) is 48.6 Å². The van der Waals surface area contributed by atoms with E-state index in [4.69, 9.17) is 4.74 Å². The van der Waals surface area contributed by atoms with E-state index in [0.717, 1.165) is 24.3 Å². The molecule has 0 saturated carbocycles. The van der Waals surface area contributed by atoms with Crippen molar-refractivity contribution in [1.29, 1.82) is 0 Å². The molecule has 0 heterocycles. The van der Waals surface area contributed by atoms with Crippen molar-refractivity contribution >= 4 is 12.0 Å². The summed E-state index contributed by atoms with van der Waals surface area (Å²) in [6, 6.07) is 9.97. The second kappa shape index (κ2) is 10.9. The molecule has 2 nitrogen and oxygen atoms in total. The molecule has 0 aliphatic heterocycles. The summed E-state index contributed by atoms with van der Waals surface area (Å²) >= 11 is 0. The molecule has 114 valence electrons. The molecular formula is C19H26O2.